The van der Waals surface area contributed by atoms with Gasteiger partial charge in [-0.1, -0.05) is 39.0 Å². The van der Waals surface area contributed by atoms with Crippen molar-refractivity contribution in [1.82, 2.24) is 14.7 Å². The number of nitrogens with zero attached hydrogens (tertiary/aromatic N) is 3. The molecule has 1 N–H and O–H groups in total. The monoisotopic (exact) mass is 385 g/mol. The van der Waals surface area contributed by atoms with E-state index in [-0.39, 0.29) is 29.9 Å². The van der Waals surface area contributed by atoms with Crippen LogP contribution < -0.4 is 0 Å². The number of carboxylic acids is 1. The number of hydrogen-bond acceptors (Lipinski definition) is 4. The molecule has 1 saturated heterocycles. The van der Waals surface area contributed by atoms with Crippen molar-refractivity contribution in [3.8, 4) is 5.69 Å². The Morgan fingerprint density at radius 2 is 1.93 bits per heavy atom. The first-order valence-corrected chi connectivity index (χ1v) is 9.42. The van der Waals surface area contributed by atoms with Crippen molar-refractivity contribution in [1.29, 1.82) is 0 Å². The summed E-state index contributed by atoms with van der Waals surface area (Å²) in [4.78, 5) is 26.3. The van der Waals surface area contributed by atoms with Crippen LogP contribution in [0, 0.1) is 0 Å². The molecule has 0 spiro atoms. The fraction of sp³-hybridized carbons (Fsp3) is 0.476. The Hall–Kier alpha value is -2.67. The SMILES string of the molecule is COC1CC(CC(=O)O)N(C(=O)c2cn(-c3ccccc3)nc2C(C)(C)C)C1. The zero-order chi connectivity index (χ0) is 20.5. The number of carboxylic acid groups (broad SMARTS) is 1. The molecule has 2 atom stereocenters. The van der Waals surface area contributed by atoms with Crippen LogP contribution in [0.5, 0.6) is 0 Å². The Balaban J connectivity index is 2.00. The van der Waals surface area contributed by atoms with Gasteiger partial charge in [0.25, 0.3) is 5.91 Å². The van der Waals surface area contributed by atoms with E-state index in [0.29, 0.717) is 24.2 Å². The predicted molar refractivity (Wildman–Crippen MR) is 105 cm³/mol. The Bertz CT molecular complexity index is 854. The van der Waals surface area contributed by atoms with Crippen molar-refractivity contribution in [2.75, 3.05) is 13.7 Å². The molecule has 1 fully saturated rings. The molecule has 1 aromatic heterocycles. The van der Waals surface area contributed by atoms with Gasteiger partial charge < -0.3 is 14.7 Å². The zero-order valence-corrected chi connectivity index (χ0v) is 16.8. The van der Waals surface area contributed by atoms with E-state index in [2.05, 4.69) is 0 Å². The Morgan fingerprint density at radius 3 is 2.50 bits per heavy atom. The molecule has 2 aromatic rings. The van der Waals surface area contributed by atoms with E-state index in [1.165, 1.54) is 0 Å². The summed E-state index contributed by atoms with van der Waals surface area (Å²) in [7, 11) is 1.59. The van der Waals surface area contributed by atoms with Crippen LogP contribution in [0.4, 0.5) is 0 Å². The number of amides is 1. The molecule has 150 valence electrons. The molecule has 0 bridgehead atoms. The molecule has 1 aliphatic heterocycles. The molecule has 0 saturated carbocycles. The number of carbonyl (C=O) groups excluding carboxylic acids is 1. The number of carbonyl (C=O) groups is 2. The molecule has 28 heavy (non-hydrogen) atoms. The van der Waals surface area contributed by atoms with E-state index in [4.69, 9.17) is 9.84 Å². The average Bonchev–Trinajstić information content (AvgIpc) is 3.25. The summed E-state index contributed by atoms with van der Waals surface area (Å²) in [6.45, 7) is 6.42. The molecule has 0 radical (unpaired) electrons. The van der Waals surface area contributed by atoms with Crippen LogP contribution in [0.2, 0.25) is 0 Å². The van der Waals surface area contributed by atoms with E-state index in [9.17, 15) is 14.7 Å². The second-order valence-electron chi connectivity index (χ2n) is 8.22. The quantitative estimate of drug-likeness (QED) is 0.855. The van der Waals surface area contributed by atoms with Crippen molar-refractivity contribution in [3.63, 3.8) is 0 Å². The largest absolute Gasteiger partial charge is 0.481 e. The molecule has 1 amide bonds. The summed E-state index contributed by atoms with van der Waals surface area (Å²) >= 11 is 0. The van der Waals surface area contributed by atoms with Gasteiger partial charge in [-0.3, -0.25) is 9.59 Å². The van der Waals surface area contributed by atoms with Gasteiger partial charge in [-0.15, -0.1) is 0 Å². The summed E-state index contributed by atoms with van der Waals surface area (Å²) in [5.41, 5.74) is 1.72. The summed E-state index contributed by atoms with van der Waals surface area (Å²) in [5.74, 6) is -1.12. The second-order valence-corrected chi connectivity index (χ2v) is 8.22. The lowest BCUT2D eigenvalue weighted by Crippen LogP contribution is -2.38. The van der Waals surface area contributed by atoms with Gasteiger partial charge in [-0.05, 0) is 18.6 Å². The molecule has 2 heterocycles. The summed E-state index contributed by atoms with van der Waals surface area (Å²) in [6, 6.07) is 9.23. The maximum absolute atomic E-state index is 13.4. The van der Waals surface area contributed by atoms with Crippen molar-refractivity contribution in [2.24, 2.45) is 0 Å². The standard InChI is InChI=1S/C21H27N3O4/c1-21(2,3)19-17(13-24(22-19)14-8-6-5-7-9-14)20(27)23-12-16(28-4)10-15(23)11-18(25)26/h5-9,13,15-16H,10-12H2,1-4H3,(H,25,26). The first-order chi connectivity index (χ1) is 13.2. The van der Waals surface area contributed by atoms with Crippen LogP contribution in [0.25, 0.3) is 5.69 Å². The van der Waals surface area contributed by atoms with Gasteiger partial charge >= 0.3 is 5.97 Å². The van der Waals surface area contributed by atoms with E-state index in [1.807, 2.05) is 51.1 Å². The number of aromatic nitrogens is 2. The second kappa shape index (κ2) is 7.75. The minimum atomic E-state index is -0.921. The third-order valence-electron chi connectivity index (χ3n) is 5.06. The highest BCUT2D eigenvalue weighted by atomic mass is 16.5. The lowest BCUT2D eigenvalue weighted by molar-refractivity contribution is -0.138. The van der Waals surface area contributed by atoms with E-state index in [0.717, 1.165) is 5.69 Å². The van der Waals surface area contributed by atoms with Gasteiger partial charge in [0.1, 0.15) is 0 Å². The number of aliphatic carboxylic acids is 1. The fourth-order valence-electron chi connectivity index (χ4n) is 3.64. The Kier molecular flexibility index (Phi) is 5.56. The highest BCUT2D eigenvalue weighted by Crippen LogP contribution is 2.30. The Labute approximate surface area is 164 Å². The molecule has 7 heteroatoms. The van der Waals surface area contributed by atoms with Crippen molar-refractivity contribution < 1.29 is 19.4 Å². The van der Waals surface area contributed by atoms with E-state index < -0.39 is 5.97 Å². The smallest absolute Gasteiger partial charge is 0.305 e. The van der Waals surface area contributed by atoms with Gasteiger partial charge in [0.2, 0.25) is 0 Å². The van der Waals surface area contributed by atoms with Crippen LogP contribution >= 0.6 is 0 Å². The summed E-state index contributed by atoms with van der Waals surface area (Å²) in [5, 5.41) is 13.9. The molecule has 1 aromatic carbocycles. The lowest BCUT2D eigenvalue weighted by atomic mass is 9.89. The van der Waals surface area contributed by atoms with Crippen LogP contribution in [-0.4, -0.2) is 57.5 Å². The number of likely N-dealkylation sites (tertiary alicyclic amines) is 1. The molecule has 1 aliphatic rings. The van der Waals surface area contributed by atoms with Crippen LogP contribution in [0.15, 0.2) is 36.5 Å². The molecular weight excluding hydrogens is 358 g/mol. The average molecular weight is 385 g/mol. The third kappa shape index (κ3) is 4.09. The number of hydrogen-bond donors (Lipinski definition) is 1. The van der Waals surface area contributed by atoms with Crippen LogP contribution in [0.3, 0.4) is 0 Å². The highest BCUT2D eigenvalue weighted by Gasteiger charge is 2.39. The number of rotatable bonds is 5. The van der Waals surface area contributed by atoms with Gasteiger partial charge in [0.15, 0.2) is 0 Å². The molecule has 2 unspecified atom stereocenters. The molecule has 0 aliphatic carbocycles. The number of benzene rings is 1. The Morgan fingerprint density at radius 1 is 1.25 bits per heavy atom. The summed E-state index contributed by atoms with van der Waals surface area (Å²) in [6.07, 6.45) is 2.02. The van der Waals surface area contributed by atoms with Gasteiger partial charge in [-0.2, -0.15) is 5.10 Å². The van der Waals surface area contributed by atoms with Crippen LogP contribution in [-0.2, 0) is 14.9 Å². The van der Waals surface area contributed by atoms with Gasteiger partial charge in [0, 0.05) is 31.3 Å². The number of ether oxygens (including phenoxy) is 1. The van der Waals surface area contributed by atoms with Crippen molar-refractivity contribution >= 4 is 11.9 Å². The van der Waals surface area contributed by atoms with E-state index >= 15 is 0 Å². The lowest BCUT2D eigenvalue weighted by Gasteiger charge is -2.25. The maximum atomic E-state index is 13.4. The predicted octanol–water partition coefficient (Wildman–Crippen LogP) is 2.87. The molecule has 3 rings (SSSR count). The summed E-state index contributed by atoms with van der Waals surface area (Å²) < 4.78 is 7.12. The third-order valence-corrected chi connectivity index (χ3v) is 5.06. The fourth-order valence-corrected chi connectivity index (χ4v) is 3.64. The normalized spacial score (nSPS) is 19.8. The van der Waals surface area contributed by atoms with Gasteiger partial charge in [-0.25, -0.2) is 4.68 Å². The minimum Gasteiger partial charge on any atom is -0.481 e. The van der Waals surface area contributed by atoms with Crippen molar-refractivity contribution in [2.45, 2.75) is 51.2 Å². The van der Waals surface area contributed by atoms with Gasteiger partial charge in [0.05, 0.1) is 29.5 Å². The molecular formula is C21H27N3O4. The zero-order valence-electron chi connectivity index (χ0n) is 16.8. The number of methoxy groups -OCH3 is 1. The van der Waals surface area contributed by atoms with Crippen molar-refractivity contribution in [3.05, 3.63) is 47.8 Å². The highest BCUT2D eigenvalue weighted by molar-refractivity contribution is 5.96. The first-order valence-electron chi connectivity index (χ1n) is 9.42. The molecule has 7 nitrogen and oxygen atoms in total. The minimum absolute atomic E-state index is 0.0940. The van der Waals surface area contributed by atoms with Crippen LogP contribution in [0.1, 0.15) is 49.7 Å². The topological polar surface area (TPSA) is 84.7 Å². The number of para-hydroxylation sites is 1. The van der Waals surface area contributed by atoms with E-state index in [1.54, 1.807) is 22.9 Å². The maximum Gasteiger partial charge on any atom is 0.305 e. The first kappa shape index (κ1) is 20.1.